The molecule has 0 aliphatic heterocycles. The molecule has 1 aromatic carbocycles. The third kappa shape index (κ3) is 3.31. The van der Waals surface area contributed by atoms with Crippen LogP contribution in [-0.2, 0) is 6.42 Å². The van der Waals surface area contributed by atoms with Crippen molar-refractivity contribution in [2.24, 2.45) is 0 Å². The van der Waals surface area contributed by atoms with Crippen LogP contribution < -0.4 is 10.1 Å². The summed E-state index contributed by atoms with van der Waals surface area (Å²) < 4.78 is 10.7. The van der Waals surface area contributed by atoms with Gasteiger partial charge in [0.2, 0.25) is 0 Å². The van der Waals surface area contributed by atoms with Gasteiger partial charge in [0.1, 0.15) is 11.5 Å². The van der Waals surface area contributed by atoms with E-state index in [1.165, 1.54) is 0 Å². The highest BCUT2D eigenvalue weighted by atomic mass is 35.5. The maximum Gasteiger partial charge on any atom is 0.122 e. The van der Waals surface area contributed by atoms with Crippen LogP contribution in [0.25, 0.3) is 0 Å². The van der Waals surface area contributed by atoms with Gasteiger partial charge >= 0.3 is 0 Å². The molecule has 0 aliphatic rings. The fourth-order valence-electron chi connectivity index (χ4n) is 2.16. The molecule has 102 valence electrons. The molecule has 0 aliphatic carbocycles. The Bertz CT molecular complexity index is 551. The maximum absolute atomic E-state index is 6.06. The van der Waals surface area contributed by atoms with Crippen molar-refractivity contribution in [3.8, 4) is 5.75 Å². The molecule has 1 heterocycles. The summed E-state index contributed by atoms with van der Waals surface area (Å²) in [6, 6.07) is 7.88. The predicted octanol–water partition coefficient (Wildman–Crippen LogP) is 3.75. The first-order valence-electron chi connectivity index (χ1n) is 6.18. The highest BCUT2D eigenvalue weighted by Gasteiger charge is 2.15. The van der Waals surface area contributed by atoms with E-state index in [4.69, 9.17) is 20.8 Å². The van der Waals surface area contributed by atoms with Crippen LogP contribution in [0.1, 0.15) is 22.9 Å². The van der Waals surface area contributed by atoms with Crippen LogP contribution >= 0.6 is 11.6 Å². The van der Waals surface area contributed by atoms with E-state index < -0.39 is 0 Å². The Balaban J connectivity index is 2.25. The number of benzene rings is 1. The topological polar surface area (TPSA) is 34.4 Å². The lowest BCUT2D eigenvalue weighted by molar-refractivity contribution is 0.406. The summed E-state index contributed by atoms with van der Waals surface area (Å²) >= 11 is 6.06. The molecule has 2 aromatic rings. The standard InChI is InChI=1S/C15H18ClNO2/c1-10-6-12(9-19-10)14(17-2)8-11-7-13(16)4-5-15(11)18-3/h4-7,9,14,17H,8H2,1-3H3. The summed E-state index contributed by atoms with van der Waals surface area (Å²) in [7, 11) is 3.60. The van der Waals surface area contributed by atoms with Gasteiger partial charge in [-0.15, -0.1) is 0 Å². The van der Waals surface area contributed by atoms with Crippen LogP contribution in [0.3, 0.4) is 0 Å². The van der Waals surface area contributed by atoms with Crippen LogP contribution in [0.4, 0.5) is 0 Å². The quantitative estimate of drug-likeness (QED) is 0.905. The third-order valence-corrected chi connectivity index (χ3v) is 3.40. The highest BCUT2D eigenvalue weighted by molar-refractivity contribution is 6.30. The van der Waals surface area contributed by atoms with Gasteiger partial charge in [0, 0.05) is 16.6 Å². The lowest BCUT2D eigenvalue weighted by Gasteiger charge is -2.16. The Morgan fingerprint density at radius 3 is 2.74 bits per heavy atom. The summed E-state index contributed by atoms with van der Waals surface area (Å²) in [6.45, 7) is 1.94. The molecule has 2 rings (SSSR count). The first-order chi connectivity index (χ1) is 9.13. The molecule has 1 atom stereocenters. The molecule has 1 unspecified atom stereocenters. The van der Waals surface area contributed by atoms with Crippen molar-refractivity contribution in [3.05, 3.63) is 52.4 Å². The van der Waals surface area contributed by atoms with Crippen LogP contribution in [0.2, 0.25) is 5.02 Å². The molecule has 4 heteroatoms. The van der Waals surface area contributed by atoms with Gasteiger partial charge in [-0.25, -0.2) is 0 Å². The van der Waals surface area contributed by atoms with Gasteiger partial charge in [-0.1, -0.05) is 11.6 Å². The normalized spacial score (nSPS) is 12.4. The van der Waals surface area contributed by atoms with Gasteiger partial charge in [0.25, 0.3) is 0 Å². The zero-order chi connectivity index (χ0) is 13.8. The average molecular weight is 280 g/mol. The van der Waals surface area contributed by atoms with Gasteiger partial charge in [-0.3, -0.25) is 0 Å². The molecular weight excluding hydrogens is 262 g/mol. The second-order valence-electron chi connectivity index (χ2n) is 4.49. The van der Waals surface area contributed by atoms with Gasteiger partial charge in [-0.2, -0.15) is 0 Å². The Hall–Kier alpha value is -1.45. The largest absolute Gasteiger partial charge is 0.496 e. The van der Waals surface area contributed by atoms with E-state index in [0.29, 0.717) is 5.02 Å². The Morgan fingerprint density at radius 1 is 1.37 bits per heavy atom. The minimum absolute atomic E-state index is 0.171. The highest BCUT2D eigenvalue weighted by Crippen LogP contribution is 2.28. The number of furan rings is 1. The van der Waals surface area contributed by atoms with Crippen molar-refractivity contribution in [1.82, 2.24) is 5.32 Å². The summed E-state index contributed by atoms with van der Waals surface area (Å²) in [5, 5.41) is 4.01. The molecule has 0 spiro atoms. The number of hydrogen-bond acceptors (Lipinski definition) is 3. The van der Waals surface area contributed by atoms with Crippen molar-refractivity contribution >= 4 is 11.6 Å². The smallest absolute Gasteiger partial charge is 0.122 e. The molecular formula is C15H18ClNO2. The first kappa shape index (κ1) is 14.0. The van der Waals surface area contributed by atoms with E-state index in [0.717, 1.165) is 29.1 Å². The molecule has 0 amide bonds. The number of nitrogens with one attached hydrogen (secondary N) is 1. The number of methoxy groups -OCH3 is 1. The predicted molar refractivity (Wildman–Crippen MR) is 77.0 cm³/mol. The van der Waals surface area contributed by atoms with Crippen LogP contribution in [0.5, 0.6) is 5.75 Å². The number of halogens is 1. The zero-order valence-electron chi connectivity index (χ0n) is 11.4. The van der Waals surface area contributed by atoms with Crippen molar-refractivity contribution in [1.29, 1.82) is 0 Å². The van der Waals surface area contributed by atoms with Gasteiger partial charge in [-0.05, 0) is 50.2 Å². The first-order valence-corrected chi connectivity index (χ1v) is 6.56. The Kier molecular flexibility index (Phi) is 4.51. The molecule has 19 heavy (non-hydrogen) atoms. The fraction of sp³-hybridized carbons (Fsp3) is 0.333. The molecule has 3 nitrogen and oxygen atoms in total. The third-order valence-electron chi connectivity index (χ3n) is 3.17. The van der Waals surface area contributed by atoms with Crippen molar-refractivity contribution in [2.45, 2.75) is 19.4 Å². The Labute approximate surface area is 118 Å². The molecule has 0 fully saturated rings. The number of rotatable bonds is 5. The van der Waals surface area contributed by atoms with E-state index in [1.54, 1.807) is 13.4 Å². The molecule has 0 bridgehead atoms. The summed E-state index contributed by atoms with van der Waals surface area (Å²) in [6.07, 6.45) is 2.58. The Morgan fingerprint density at radius 2 is 2.16 bits per heavy atom. The number of aryl methyl sites for hydroxylation is 1. The van der Waals surface area contributed by atoms with Gasteiger partial charge < -0.3 is 14.5 Å². The average Bonchev–Trinajstić information content (AvgIpc) is 2.82. The van der Waals surface area contributed by atoms with E-state index in [1.807, 2.05) is 38.2 Å². The minimum Gasteiger partial charge on any atom is -0.496 e. The molecule has 0 saturated carbocycles. The van der Waals surface area contributed by atoms with Gasteiger partial charge in [0.15, 0.2) is 0 Å². The lowest BCUT2D eigenvalue weighted by atomic mass is 10.0. The van der Waals surface area contributed by atoms with Crippen LogP contribution in [-0.4, -0.2) is 14.2 Å². The van der Waals surface area contributed by atoms with E-state index >= 15 is 0 Å². The van der Waals surface area contributed by atoms with E-state index in [-0.39, 0.29) is 6.04 Å². The number of likely N-dealkylation sites (N-methyl/N-ethyl adjacent to an activating group) is 1. The minimum atomic E-state index is 0.171. The maximum atomic E-state index is 6.06. The molecule has 1 N–H and O–H groups in total. The van der Waals surface area contributed by atoms with Crippen molar-refractivity contribution in [2.75, 3.05) is 14.2 Å². The summed E-state index contributed by atoms with van der Waals surface area (Å²) in [5.74, 6) is 1.76. The van der Waals surface area contributed by atoms with Crippen molar-refractivity contribution in [3.63, 3.8) is 0 Å². The lowest BCUT2D eigenvalue weighted by Crippen LogP contribution is -2.18. The van der Waals surface area contributed by atoms with Crippen LogP contribution in [0, 0.1) is 6.92 Å². The summed E-state index contributed by atoms with van der Waals surface area (Å²) in [4.78, 5) is 0. The molecule has 1 aromatic heterocycles. The van der Waals surface area contributed by atoms with Crippen LogP contribution in [0.15, 0.2) is 34.9 Å². The van der Waals surface area contributed by atoms with Gasteiger partial charge in [0.05, 0.1) is 13.4 Å². The second-order valence-corrected chi connectivity index (χ2v) is 4.93. The zero-order valence-corrected chi connectivity index (χ0v) is 12.1. The van der Waals surface area contributed by atoms with E-state index in [2.05, 4.69) is 5.32 Å². The SMILES string of the molecule is CNC(Cc1cc(Cl)ccc1OC)c1coc(C)c1. The molecule has 0 radical (unpaired) electrons. The van der Waals surface area contributed by atoms with E-state index in [9.17, 15) is 0 Å². The second kappa shape index (κ2) is 6.13. The van der Waals surface area contributed by atoms with Crippen molar-refractivity contribution < 1.29 is 9.15 Å². The number of ether oxygens (including phenoxy) is 1. The monoisotopic (exact) mass is 279 g/mol. The number of hydrogen-bond donors (Lipinski definition) is 1. The fourth-order valence-corrected chi connectivity index (χ4v) is 2.35. The molecule has 0 saturated heterocycles. The summed E-state index contributed by atoms with van der Waals surface area (Å²) in [5.41, 5.74) is 2.20.